The van der Waals surface area contributed by atoms with Crippen LogP contribution in [0.3, 0.4) is 0 Å². The molecule has 27 heavy (non-hydrogen) atoms. The maximum Gasteiger partial charge on any atom is 0.229 e. The molecule has 1 aliphatic heterocycles. The van der Waals surface area contributed by atoms with Crippen LogP contribution in [0, 0.1) is 18.3 Å². The number of nitriles is 1. The minimum atomic E-state index is -0.512. The summed E-state index contributed by atoms with van der Waals surface area (Å²) in [5, 5.41) is 15.1. The van der Waals surface area contributed by atoms with Crippen LogP contribution in [0.5, 0.6) is 5.88 Å². The number of aryl methyl sites for hydroxylation is 1. The molecule has 0 unspecified atom stereocenters. The standard InChI is InChI=1S/C20H14Cl2N4O/c1-11-16-17(13-8-5-9-15(21)18(13)22)14(10-23)19(24)27-20(16)26(25-11)12-6-3-2-4-7-12/h2-9,17H,24H2,1H3/t17-/m0/s1. The van der Waals surface area contributed by atoms with E-state index in [1.165, 1.54) is 0 Å². The molecular formula is C20H14Cl2N4O. The molecule has 0 radical (unpaired) electrons. The lowest BCUT2D eigenvalue weighted by Gasteiger charge is -2.25. The van der Waals surface area contributed by atoms with Gasteiger partial charge in [0.1, 0.15) is 11.6 Å². The van der Waals surface area contributed by atoms with Gasteiger partial charge in [-0.3, -0.25) is 0 Å². The zero-order chi connectivity index (χ0) is 19.1. The summed E-state index contributed by atoms with van der Waals surface area (Å²) >= 11 is 12.7. The Labute approximate surface area is 166 Å². The van der Waals surface area contributed by atoms with Crippen molar-refractivity contribution in [2.45, 2.75) is 12.8 Å². The molecule has 1 aliphatic rings. The topological polar surface area (TPSA) is 76.9 Å². The van der Waals surface area contributed by atoms with Crippen molar-refractivity contribution < 1.29 is 4.74 Å². The summed E-state index contributed by atoms with van der Waals surface area (Å²) in [5.74, 6) is -0.0122. The second-order valence-electron chi connectivity index (χ2n) is 6.12. The summed E-state index contributed by atoms with van der Waals surface area (Å²) in [7, 11) is 0. The number of nitrogens with zero attached hydrogens (tertiary/aromatic N) is 3. The molecule has 0 spiro atoms. The normalized spacial score (nSPS) is 15.9. The number of hydrogen-bond acceptors (Lipinski definition) is 4. The van der Waals surface area contributed by atoms with Crippen molar-refractivity contribution in [1.29, 1.82) is 5.26 Å². The van der Waals surface area contributed by atoms with Gasteiger partial charge in [-0.05, 0) is 30.7 Å². The molecule has 2 aromatic carbocycles. The highest BCUT2D eigenvalue weighted by molar-refractivity contribution is 6.42. The van der Waals surface area contributed by atoms with Crippen LogP contribution in [0.2, 0.25) is 10.0 Å². The van der Waals surface area contributed by atoms with Gasteiger partial charge >= 0.3 is 0 Å². The van der Waals surface area contributed by atoms with Crippen LogP contribution in [0.1, 0.15) is 22.7 Å². The molecule has 0 amide bonds. The van der Waals surface area contributed by atoms with Crippen molar-refractivity contribution in [3.05, 3.63) is 86.9 Å². The third-order valence-electron chi connectivity index (χ3n) is 4.53. The highest BCUT2D eigenvalue weighted by Gasteiger charge is 2.37. The molecule has 0 fully saturated rings. The number of halogens is 2. The zero-order valence-electron chi connectivity index (χ0n) is 14.3. The van der Waals surface area contributed by atoms with Gasteiger partial charge in [-0.15, -0.1) is 0 Å². The van der Waals surface area contributed by atoms with Crippen molar-refractivity contribution in [3.63, 3.8) is 0 Å². The van der Waals surface area contributed by atoms with E-state index < -0.39 is 5.92 Å². The van der Waals surface area contributed by atoms with Crippen LogP contribution in [0.25, 0.3) is 5.69 Å². The molecule has 7 heteroatoms. The summed E-state index contributed by atoms with van der Waals surface area (Å²) < 4.78 is 7.50. The van der Waals surface area contributed by atoms with E-state index in [1.807, 2.05) is 43.3 Å². The van der Waals surface area contributed by atoms with Gasteiger partial charge < -0.3 is 10.5 Å². The van der Waals surface area contributed by atoms with E-state index in [1.54, 1.807) is 16.8 Å². The number of allylic oxidation sites excluding steroid dienone is 1. The lowest BCUT2D eigenvalue weighted by Crippen LogP contribution is -2.22. The molecule has 0 bridgehead atoms. The molecule has 2 heterocycles. The Hall–Kier alpha value is -2.94. The molecule has 0 saturated carbocycles. The van der Waals surface area contributed by atoms with Gasteiger partial charge in [0.05, 0.1) is 32.9 Å². The number of ether oxygens (including phenoxy) is 1. The number of hydrogen-bond donors (Lipinski definition) is 1. The summed E-state index contributed by atoms with van der Waals surface area (Å²) in [6.07, 6.45) is 0. The Morgan fingerprint density at radius 2 is 1.89 bits per heavy atom. The van der Waals surface area contributed by atoms with Crippen molar-refractivity contribution in [1.82, 2.24) is 9.78 Å². The van der Waals surface area contributed by atoms with Gasteiger partial charge in [0, 0.05) is 0 Å². The monoisotopic (exact) mass is 396 g/mol. The Morgan fingerprint density at radius 3 is 2.59 bits per heavy atom. The van der Waals surface area contributed by atoms with E-state index in [9.17, 15) is 5.26 Å². The van der Waals surface area contributed by atoms with Gasteiger partial charge in [0.25, 0.3) is 0 Å². The van der Waals surface area contributed by atoms with Gasteiger partial charge in [0.2, 0.25) is 11.8 Å². The van der Waals surface area contributed by atoms with Crippen LogP contribution in [0.15, 0.2) is 60.0 Å². The fourth-order valence-corrected chi connectivity index (χ4v) is 3.73. The Bertz CT molecular complexity index is 1110. The minimum absolute atomic E-state index is 0.0307. The number of benzene rings is 2. The first kappa shape index (κ1) is 17.5. The zero-order valence-corrected chi connectivity index (χ0v) is 15.8. The van der Waals surface area contributed by atoms with Crippen LogP contribution in [-0.4, -0.2) is 9.78 Å². The molecule has 1 aromatic heterocycles. The fourth-order valence-electron chi connectivity index (χ4n) is 3.31. The van der Waals surface area contributed by atoms with Crippen LogP contribution >= 0.6 is 23.2 Å². The maximum absolute atomic E-state index is 9.72. The van der Waals surface area contributed by atoms with Crippen LogP contribution in [0.4, 0.5) is 0 Å². The van der Waals surface area contributed by atoms with Crippen molar-refractivity contribution in [3.8, 4) is 17.6 Å². The molecule has 3 aromatic rings. The number of fused-ring (bicyclic) bond motifs is 1. The molecule has 0 aliphatic carbocycles. The maximum atomic E-state index is 9.72. The highest BCUT2D eigenvalue weighted by Crippen LogP contribution is 2.47. The van der Waals surface area contributed by atoms with Crippen LogP contribution < -0.4 is 10.5 Å². The number of para-hydroxylation sites is 1. The highest BCUT2D eigenvalue weighted by atomic mass is 35.5. The molecule has 5 nitrogen and oxygen atoms in total. The van der Waals surface area contributed by atoms with Gasteiger partial charge in [0.15, 0.2) is 0 Å². The SMILES string of the molecule is Cc1nn(-c2ccccc2)c2c1[C@@H](c1cccc(Cl)c1Cl)C(C#N)=C(N)O2. The van der Waals surface area contributed by atoms with E-state index in [0.717, 1.165) is 16.9 Å². The quantitative estimate of drug-likeness (QED) is 0.680. The molecule has 0 saturated heterocycles. The third-order valence-corrected chi connectivity index (χ3v) is 5.36. The van der Waals surface area contributed by atoms with Crippen molar-refractivity contribution >= 4 is 23.2 Å². The van der Waals surface area contributed by atoms with E-state index >= 15 is 0 Å². The second kappa shape index (κ2) is 6.66. The minimum Gasteiger partial charge on any atom is -0.422 e. The third kappa shape index (κ3) is 2.74. The van der Waals surface area contributed by atoms with E-state index in [0.29, 0.717) is 21.5 Å². The van der Waals surface area contributed by atoms with E-state index in [4.69, 9.17) is 33.7 Å². The van der Waals surface area contributed by atoms with Crippen LogP contribution in [-0.2, 0) is 0 Å². The fraction of sp³-hybridized carbons (Fsp3) is 0.100. The lowest BCUT2D eigenvalue weighted by molar-refractivity contribution is 0.367. The summed E-state index contributed by atoms with van der Waals surface area (Å²) in [5.41, 5.74) is 9.35. The number of aromatic nitrogens is 2. The number of rotatable bonds is 2. The molecule has 1 atom stereocenters. The first-order valence-corrected chi connectivity index (χ1v) is 8.95. The molecule has 4 rings (SSSR count). The lowest BCUT2D eigenvalue weighted by atomic mass is 9.84. The Kier molecular flexibility index (Phi) is 4.31. The van der Waals surface area contributed by atoms with Gasteiger partial charge in [-0.1, -0.05) is 53.5 Å². The summed E-state index contributed by atoms with van der Waals surface area (Å²) in [6.45, 7) is 1.86. The summed E-state index contributed by atoms with van der Waals surface area (Å²) in [6, 6.07) is 17.0. The molecule has 134 valence electrons. The average molecular weight is 397 g/mol. The smallest absolute Gasteiger partial charge is 0.229 e. The Balaban J connectivity index is 2.00. The predicted octanol–water partition coefficient (Wildman–Crippen LogP) is 4.71. The Morgan fingerprint density at radius 1 is 1.15 bits per heavy atom. The van der Waals surface area contributed by atoms with Crippen molar-refractivity contribution in [2.75, 3.05) is 0 Å². The van der Waals surface area contributed by atoms with Gasteiger partial charge in [-0.25, -0.2) is 4.68 Å². The first-order valence-electron chi connectivity index (χ1n) is 8.19. The molecular weight excluding hydrogens is 383 g/mol. The molecule has 2 N–H and O–H groups in total. The largest absolute Gasteiger partial charge is 0.422 e. The second-order valence-corrected chi connectivity index (χ2v) is 6.90. The average Bonchev–Trinajstić information content (AvgIpc) is 3.00. The predicted molar refractivity (Wildman–Crippen MR) is 104 cm³/mol. The van der Waals surface area contributed by atoms with Gasteiger partial charge in [-0.2, -0.15) is 10.4 Å². The van der Waals surface area contributed by atoms with E-state index in [2.05, 4.69) is 11.2 Å². The summed E-state index contributed by atoms with van der Waals surface area (Å²) in [4.78, 5) is 0. The first-order chi connectivity index (χ1) is 13.0. The van der Waals surface area contributed by atoms with E-state index in [-0.39, 0.29) is 11.5 Å². The number of nitrogens with two attached hydrogens (primary N) is 1. The van der Waals surface area contributed by atoms with Crippen molar-refractivity contribution in [2.24, 2.45) is 5.73 Å².